The van der Waals surface area contributed by atoms with Gasteiger partial charge in [0.15, 0.2) is 0 Å². The lowest BCUT2D eigenvalue weighted by Crippen LogP contribution is -2.34. The molecular weight excluding hydrogens is 256 g/mol. The molecule has 1 heterocycles. The molecule has 1 aromatic rings. The van der Waals surface area contributed by atoms with Crippen LogP contribution in [0.2, 0.25) is 0 Å². The van der Waals surface area contributed by atoms with E-state index in [1.807, 2.05) is 17.5 Å². The van der Waals surface area contributed by atoms with Crippen molar-refractivity contribution in [1.82, 2.24) is 4.31 Å². The van der Waals surface area contributed by atoms with Crippen LogP contribution in [-0.4, -0.2) is 31.1 Å². The highest BCUT2D eigenvalue weighted by Gasteiger charge is 2.36. The number of nitrogens with two attached hydrogens (primary N) is 1. The number of sulfonamides is 1. The highest BCUT2D eigenvalue weighted by Crippen LogP contribution is 2.31. The van der Waals surface area contributed by atoms with Gasteiger partial charge < -0.3 is 5.73 Å². The van der Waals surface area contributed by atoms with Crippen LogP contribution in [0.25, 0.3) is 0 Å². The second-order valence-corrected chi connectivity index (χ2v) is 7.39. The molecule has 0 bridgehead atoms. The molecule has 17 heavy (non-hydrogen) atoms. The number of nitrogens with zero attached hydrogens (tertiary/aromatic N) is 1. The van der Waals surface area contributed by atoms with Gasteiger partial charge >= 0.3 is 0 Å². The Bertz CT molecular complexity index is 438. The van der Waals surface area contributed by atoms with Crippen molar-refractivity contribution in [2.24, 2.45) is 5.73 Å². The van der Waals surface area contributed by atoms with Crippen molar-refractivity contribution in [2.75, 3.05) is 12.3 Å². The maximum absolute atomic E-state index is 12.2. The molecule has 0 aromatic carbocycles. The smallest absolute Gasteiger partial charge is 0.214 e. The maximum Gasteiger partial charge on any atom is 0.214 e. The van der Waals surface area contributed by atoms with Crippen molar-refractivity contribution >= 4 is 21.4 Å². The minimum absolute atomic E-state index is 0.172. The highest BCUT2D eigenvalue weighted by molar-refractivity contribution is 7.89. The van der Waals surface area contributed by atoms with Crippen LogP contribution in [0, 0.1) is 0 Å². The molecule has 0 aliphatic heterocycles. The second kappa shape index (κ2) is 5.48. The molecule has 2 N–H and O–H groups in total. The van der Waals surface area contributed by atoms with E-state index >= 15 is 0 Å². The van der Waals surface area contributed by atoms with Gasteiger partial charge in [-0.3, -0.25) is 0 Å². The van der Waals surface area contributed by atoms with Crippen LogP contribution in [-0.2, 0) is 16.6 Å². The van der Waals surface area contributed by atoms with Crippen molar-refractivity contribution in [3.8, 4) is 0 Å². The third kappa shape index (κ3) is 3.51. The summed E-state index contributed by atoms with van der Waals surface area (Å²) in [6.45, 7) is 0.950. The quantitative estimate of drug-likeness (QED) is 0.817. The van der Waals surface area contributed by atoms with Gasteiger partial charge in [0.2, 0.25) is 10.0 Å². The zero-order valence-corrected chi connectivity index (χ0v) is 11.3. The molecular formula is C11H18N2O2S2. The van der Waals surface area contributed by atoms with E-state index in [1.54, 1.807) is 15.6 Å². The van der Waals surface area contributed by atoms with E-state index in [2.05, 4.69) is 0 Å². The first kappa shape index (κ1) is 13.0. The molecule has 1 fully saturated rings. The number of rotatable bonds is 7. The van der Waals surface area contributed by atoms with Gasteiger partial charge in [-0.15, -0.1) is 11.3 Å². The van der Waals surface area contributed by atoms with Crippen molar-refractivity contribution < 1.29 is 8.42 Å². The van der Waals surface area contributed by atoms with Gasteiger partial charge in [-0.25, -0.2) is 8.42 Å². The molecule has 1 aromatic heterocycles. The molecule has 0 amide bonds. The van der Waals surface area contributed by atoms with Gasteiger partial charge in [-0.1, -0.05) is 6.07 Å². The molecule has 1 aliphatic rings. The first-order valence-electron chi connectivity index (χ1n) is 5.85. The summed E-state index contributed by atoms with van der Waals surface area (Å²) in [5.41, 5.74) is 5.38. The molecule has 0 spiro atoms. The zero-order valence-electron chi connectivity index (χ0n) is 9.71. The summed E-state index contributed by atoms with van der Waals surface area (Å²) in [6, 6.07) is 4.16. The third-order valence-electron chi connectivity index (χ3n) is 2.81. The Morgan fingerprint density at radius 1 is 1.47 bits per heavy atom. The van der Waals surface area contributed by atoms with Gasteiger partial charge in [-0.05, 0) is 37.3 Å². The Hall–Kier alpha value is -0.430. The monoisotopic (exact) mass is 274 g/mol. The number of hydrogen-bond acceptors (Lipinski definition) is 4. The summed E-state index contributed by atoms with van der Waals surface area (Å²) in [5, 5.41) is 1.98. The first-order valence-corrected chi connectivity index (χ1v) is 8.34. The fourth-order valence-electron chi connectivity index (χ4n) is 1.76. The Morgan fingerprint density at radius 2 is 2.24 bits per heavy atom. The van der Waals surface area contributed by atoms with Crippen LogP contribution in [0.3, 0.4) is 0 Å². The predicted octanol–water partition coefficient (Wildman–Crippen LogP) is 1.39. The van der Waals surface area contributed by atoms with Gasteiger partial charge in [0.05, 0.1) is 5.75 Å². The lowest BCUT2D eigenvalue weighted by atomic mass is 10.4. The van der Waals surface area contributed by atoms with Gasteiger partial charge in [0, 0.05) is 17.5 Å². The minimum Gasteiger partial charge on any atom is -0.330 e. The van der Waals surface area contributed by atoms with Crippen LogP contribution in [0.5, 0.6) is 0 Å². The number of hydrogen-bond donors (Lipinski definition) is 1. The molecule has 2 rings (SSSR count). The normalized spacial score (nSPS) is 16.6. The molecule has 4 nitrogen and oxygen atoms in total. The molecule has 1 aliphatic carbocycles. The molecule has 1 saturated carbocycles. The van der Waals surface area contributed by atoms with E-state index in [-0.39, 0.29) is 11.8 Å². The molecule has 0 unspecified atom stereocenters. The largest absolute Gasteiger partial charge is 0.330 e. The molecule has 6 heteroatoms. The fourth-order valence-corrected chi connectivity index (χ4v) is 4.31. The first-order chi connectivity index (χ1) is 8.13. The van der Waals surface area contributed by atoms with E-state index in [0.29, 0.717) is 19.5 Å². The van der Waals surface area contributed by atoms with Crippen molar-refractivity contribution in [3.63, 3.8) is 0 Å². The van der Waals surface area contributed by atoms with Gasteiger partial charge in [-0.2, -0.15) is 4.31 Å². The van der Waals surface area contributed by atoms with Crippen LogP contribution in [0.15, 0.2) is 17.5 Å². The zero-order chi connectivity index (χ0) is 12.3. The Kier molecular flexibility index (Phi) is 4.19. The maximum atomic E-state index is 12.2. The topological polar surface area (TPSA) is 63.4 Å². The van der Waals surface area contributed by atoms with Gasteiger partial charge in [0.1, 0.15) is 0 Å². The standard InChI is InChI=1S/C11H18N2O2S2/c12-6-2-8-17(14,15)13(10-4-5-10)9-11-3-1-7-16-11/h1,3,7,10H,2,4-6,8-9,12H2. The summed E-state index contributed by atoms with van der Waals surface area (Å²) in [6.07, 6.45) is 2.52. The molecule has 0 saturated heterocycles. The van der Waals surface area contributed by atoms with E-state index in [0.717, 1.165) is 17.7 Å². The van der Waals surface area contributed by atoms with Crippen molar-refractivity contribution in [3.05, 3.63) is 22.4 Å². The summed E-state index contributed by atoms with van der Waals surface area (Å²) in [5.74, 6) is 0.172. The Labute approximate surface area is 106 Å². The molecule has 0 radical (unpaired) electrons. The van der Waals surface area contributed by atoms with E-state index < -0.39 is 10.0 Å². The summed E-state index contributed by atoms with van der Waals surface area (Å²) in [7, 11) is -3.14. The van der Waals surface area contributed by atoms with Crippen LogP contribution in [0.4, 0.5) is 0 Å². The lowest BCUT2D eigenvalue weighted by molar-refractivity contribution is 0.401. The van der Waals surface area contributed by atoms with Gasteiger partial charge in [0.25, 0.3) is 0 Å². The molecule has 96 valence electrons. The van der Waals surface area contributed by atoms with E-state index in [1.165, 1.54) is 0 Å². The van der Waals surface area contributed by atoms with Crippen LogP contribution in [0.1, 0.15) is 24.1 Å². The fraction of sp³-hybridized carbons (Fsp3) is 0.636. The van der Waals surface area contributed by atoms with Crippen LogP contribution >= 0.6 is 11.3 Å². The second-order valence-electron chi connectivity index (χ2n) is 4.31. The predicted molar refractivity (Wildman–Crippen MR) is 70.3 cm³/mol. The summed E-state index contributed by atoms with van der Waals surface area (Å²) >= 11 is 1.61. The van der Waals surface area contributed by atoms with E-state index in [9.17, 15) is 8.42 Å². The number of thiophene rings is 1. The average Bonchev–Trinajstić information content (AvgIpc) is 3.00. The van der Waals surface area contributed by atoms with Crippen LogP contribution < -0.4 is 5.73 Å². The third-order valence-corrected chi connectivity index (χ3v) is 5.62. The lowest BCUT2D eigenvalue weighted by Gasteiger charge is -2.21. The Morgan fingerprint density at radius 3 is 2.76 bits per heavy atom. The SMILES string of the molecule is NCCCS(=O)(=O)N(Cc1cccs1)C1CC1. The van der Waals surface area contributed by atoms with Crippen molar-refractivity contribution in [1.29, 1.82) is 0 Å². The van der Waals surface area contributed by atoms with E-state index in [4.69, 9.17) is 5.73 Å². The summed E-state index contributed by atoms with van der Waals surface area (Å²) in [4.78, 5) is 1.10. The average molecular weight is 274 g/mol. The Balaban J connectivity index is 2.06. The minimum atomic E-state index is -3.14. The van der Waals surface area contributed by atoms with Crippen molar-refractivity contribution in [2.45, 2.75) is 31.8 Å². The molecule has 0 atom stereocenters. The summed E-state index contributed by atoms with van der Waals surface area (Å²) < 4.78 is 26.0. The highest BCUT2D eigenvalue weighted by atomic mass is 32.2.